The van der Waals surface area contributed by atoms with Crippen LogP contribution in [0.4, 0.5) is 0 Å². The molecule has 0 amide bonds. The van der Waals surface area contributed by atoms with Gasteiger partial charge in [0, 0.05) is 12.8 Å². The van der Waals surface area contributed by atoms with Crippen molar-refractivity contribution in [2.24, 2.45) is 0 Å². The fourth-order valence-electron chi connectivity index (χ4n) is 3.04. The number of ether oxygens (including phenoxy) is 2. The van der Waals surface area contributed by atoms with Gasteiger partial charge in [-0.05, 0) is 72.7 Å². The Labute approximate surface area is 185 Å². The highest BCUT2D eigenvalue weighted by molar-refractivity contribution is 5.94. The minimum atomic E-state index is 0.0296. The lowest BCUT2D eigenvalue weighted by atomic mass is 9.94. The smallest absolute Gasteiger partial charge is 0.161 e. The van der Waals surface area contributed by atoms with Crippen molar-refractivity contribution in [1.29, 1.82) is 0 Å². The molecule has 0 aliphatic carbocycles. The molecule has 0 bridgehead atoms. The third-order valence-corrected chi connectivity index (χ3v) is 5.06. The zero-order valence-corrected chi connectivity index (χ0v) is 18.8. The summed E-state index contributed by atoms with van der Waals surface area (Å²) >= 11 is 0. The van der Waals surface area contributed by atoms with Crippen molar-refractivity contribution in [3.63, 3.8) is 0 Å². The number of Topliss-reactive ketones (excluding diaryl/α,β-unsaturated/α-hetero) is 2. The molecule has 2 aromatic rings. The Morgan fingerprint density at radius 2 is 1.19 bits per heavy atom. The standard InChI is InChI=1S/C27H32O4/c1-19(2)26(28)14-16-30-24-10-6-22(7-11-24)18-21(5)23-8-12-25(13-9-23)31-17-15-27(29)20(3)4/h6-13,21H,1,3,14-18H2,2,4-5H3. The van der Waals surface area contributed by atoms with Gasteiger partial charge in [-0.25, -0.2) is 0 Å². The van der Waals surface area contributed by atoms with Gasteiger partial charge >= 0.3 is 0 Å². The minimum absolute atomic E-state index is 0.0296. The first-order valence-electron chi connectivity index (χ1n) is 10.6. The van der Waals surface area contributed by atoms with Gasteiger partial charge in [0.05, 0.1) is 13.2 Å². The molecule has 0 heterocycles. The number of benzene rings is 2. The summed E-state index contributed by atoms with van der Waals surface area (Å²) in [6.45, 7) is 13.6. The summed E-state index contributed by atoms with van der Waals surface area (Å²) in [5, 5.41) is 0. The Bertz CT molecular complexity index is 907. The zero-order chi connectivity index (χ0) is 22.8. The molecule has 0 aliphatic rings. The number of ketones is 2. The number of hydrogen-bond donors (Lipinski definition) is 0. The largest absolute Gasteiger partial charge is 0.493 e. The Morgan fingerprint density at radius 1 is 0.774 bits per heavy atom. The summed E-state index contributed by atoms with van der Waals surface area (Å²) in [5.74, 6) is 1.93. The van der Waals surface area contributed by atoms with Crippen molar-refractivity contribution >= 4 is 11.6 Å². The zero-order valence-electron chi connectivity index (χ0n) is 18.8. The van der Waals surface area contributed by atoms with E-state index in [-0.39, 0.29) is 11.6 Å². The van der Waals surface area contributed by atoms with Crippen LogP contribution in [0.25, 0.3) is 0 Å². The molecule has 0 fully saturated rings. The molecule has 164 valence electrons. The van der Waals surface area contributed by atoms with Crippen molar-refractivity contribution in [1.82, 2.24) is 0 Å². The first-order valence-corrected chi connectivity index (χ1v) is 10.6. The van der Waals surface area contributed by atoms with E-state index in [1.165, 1.54) is 11.1 Å². The van der Waals surface area contributed by atoms with Crippen molar-refractivity contribution in [2.45, 2.75) is 46.0 Å². The molecule has 0 saturated heterocycles. The normalized spacial score (nSPS) is 11.5. The second kappa shape index (κ2) is 11.9. The van der Waals surface area contributed by atoms with Crippen LogP contribution in [0, 0.1) is 0 Å². The third-order valence-electron chi connectivity index (χ3n) is 5.06. The van der Waals surface area contributed by atoms with Crippen LogP contribution in [0.5, 0.6) is 11.5 Å². The van der Waals surface area contributed by atoms with Gasteiger partial charge in [0.25, 0.3) is 0 Å². The van der Waals surface area contributed by atoms with Crippen LogP contribution in [-0.4, -0.2) is 24.8 Å². The molecule has 4 nitrogen and oxygen atoms in total. The van der Waals surface area contributed by atoms with Crippen LogP contribution in [0.15, 0.2) is 72.8 Å². The molecule has 0 aliphatic heterocycles. The summed E-state index contributed by atoms with van der Waals surface area (Å²) < 4.78 is 11.3. The van der Waals surface area contributed by atoms with E-state index in [9.17, 15) is 9.59 Å². The molecular weight excluding hydrogens is 388 g/mol. The van der Waals surface area contributed by atoms with Crippen molar-refractivity contribution < 1.29 is 19.1 Å². The summed E-state index contributed by atoms with van der Waals surface area (Å²) in [6, 6.07) is 16.0. The monoisotopic (exact) mass is 420 g/mol. The van der Waals surface area contributed by atoms with Gasteiger partial charge < -0.3 is 9.47 Å². The van der Waals surface area contributed by atoms with Gasteiger partial charge in [0.1, 0.15) is 11.5 Å². The molecule has 4 heteroatoms. The van der Waals surface area contributed by atoms with Gasteiger partial charge in [-0.2, -0.15) is 0 Å². The average Bonchev–Trinajstić information content (AvgIpc) is 2.75. The van der Waals surface area contributed by atoms with Crippen LogP contribution in [0.1, 0.15) is 50.7 Å². The topological polar surface area (TPSA) is 52.6 Å². The van der Waals surface area contributed by atoms with Crippen LogP contribution in [0.2, 0.25) is 0 Å². The molecule has 1 atom stereocenters. The molecule has 0 radical (unpaired) electrons. The highest BCUT2D eigenvalue weighted by Gasteiger charge is 2.09. The van der Waals surface area contributed by atoms with Gasteiger partial charge in [-0.15, -0.1) is 0 Å². The number of allylic oxidation sites excluding steroid dienone is 2. The molecule has 0 aromatic heterocycles. The van der Waals surface area contributed by atoms with Crippen LogP contribution in [0.3, 0.4) is 0 Å². The van der Waals surface area contributed by atoms with Crippen LogP contribution >= 0.6 is 0 Å². The molecule has 1 unspecified atom stereocenters. The van der Waals surface area contributed by atoms with E-state index < -0.39 is 0 Å². The summed E-state index contributed by atoms with van der Waals surface area (Å²) in [6.07, 6.45) is 1.59. The summed E-state index contributed by atoms with van der Waals surface area (Å²) in [5.41, 5.74) is 3.57. The lowest BCUT2D eigenvalue weighted by Crippen LogP contribution is -2.07. The maximum absolute atomic E-state index is 11.6. The molecule has 31 heavy (non-hydrogen) atoms. The number of rotatable bonds is 13. The van der Waals surface area contributed by atoms with E-state index in [1.807, 2.05) is 24.3 Å². The molecular formula is C27H32O4. The minimum Gasteiger partial charge on any atom is -0.493 e. The lowest BCUT2D eigenvalue weighted by Gasteiger charge is -2.14. The summed E-state index contributed by atoms with van der Waals surface area (Å²) in [4.78, 5) is 23.1. The van der Waals surface area contributed by atoms with Gasteiger partial charge in [0.2, 0.25) is 0 Å². The number of carbonyl (C=O) groups is 2. The number of carbonyl (C=O) groups excluding carboxylic acids is 2. The predicted molar refractivity (Wildman–Crippen MR) is 125 cm³/mol. The lowest BCUT2D eigenvalue weighted by molar-refractivity contribution is -0.116. The van der Waals surface area contributed by atoms with Crippen molar-refractivity contribution in [3.8, 4) is 11.5 Å². The Morgan fingerprint density at radius 3 is 1.61 bits per heavy atom. The molecule has 0 spiro atoms. The Balaban J connectivity index is 1.81. The van der Waals surface area contributed by atoms with E-state index >= 15 is 0 Å². The molecule has 0 saturated carbocycles. The van der Waals surface area contributed by atoms with Gasteiger partial charge in [0.15, 0.2) is 11.6 Å². The molecule has 0 N–H and O–H groups in total. The van der Waals surface area contributed by atoms with E-state index in [0.717, 1.165) is 17.9 Å². The van der Waals surface area contributed by atoms with E-state index in [2.05, 4.69) is 44.3 Å². The SMILES string of the molecule is C=C(C)C(=O)CCOc1ccc(CC(C)c2ccc(OCCC(=O)C(=C)C)cc2)cc1. The van der Waals surface area contributed by atoms with Gasteiger partial charge in [-0.3, -0.25) is 9.59 Å². The highest BCUT2D eigenvalue weighted by Crippen LogP contribution is 2.24. The fraction of sp³-hybridized carbons (Fsp3) is 0.333. The second-order valence-corrected chi connectivity index (χ2v) is 7.92. The Kier molecular flexibility index (Phi) is 9.26. The quantitative estimate of drug-likeness (QED) is 0.381. The maximum atomic E-state index is 11.6. The van der Waals surface area contributed by atoms with Crippen LogP contribution < -0.4 is 9.47 Å². The first kappa shape index (κ1) is 24.1. The number of hydrogen-bond acceptors (Lipinski definition) is 4. The van der Waals surface area contributed by atoms with E-state index in [4.69, 9.17) is 9.47 Å². The Hall–Kier alpha value is -3.14. The van der Waals surface area contributed by atoms with Gasteiger partial charge in [-0.1, -0.05) is 44.3 Å². The predicted octanol–water partition coefficient (Wildman–Crippen LogP) is 5.86. The van der Waals surface area contributed by atoms with Crippen molar-refractivity contribution in [2.75, 3.05) is 13.2 Å². The second-order valence-electron chi connectivity index (χ2n) is 7.92. The maximum Gasteiger partial charge on any atom is 0.161 e. The molecule has 2 rings (SSSR count). The summed E-state index contributed by atoms with van der Waals surface area (Å²) in [7, 11) is 0. The average molecular weight is 421 g/mol. The molecule has 2 aromatic carbocycles. The van der Waals surface area contributed by atoms with E-state index in [0.29, 0.717) is 43.1 Å². The third kappa shape index (κ3) is 8.25. The van der Waals surface area contributed by atoms with E-state index in [1.54, 1.807) is 13.8 Å². The first-order chi connectivity index (χ1) is 14.8. The van der Waals surface area contributed by atoms with Crippen molar-refractivity contribution in [3.05, 3.63) is 84.0 Å². The fourth-order valence-corrected chi connectivity index (χ4v) is 3.04. The van der Waals surface area contributed by atoms with Crippen LogP contribution in [-0.2, 0) is 16.0 Å². The highest BCUT2D eigenvalue weighted by atomic mass is 16.5.